The zero-order valence-electron chi connectivity index (χ0n) is 15.0. The maximum Gasteiger partial charge on any atom is 0.249 e. The normalized spacial score (nSPS) is 12.5. The van der Waals surface area contributed by atoms with E-state index >= 15 is 0 Å². The summed E-state index contributed by atoms with van der Waals surface area (Å²) in [5.74, 6) is 0. The van der Waals surface area contributed by atoms with Gasteiger partial charge in [-0.25, -0.2) is 0 Å². The molecule has 4 heteroatoms. The Balaban J connectivity index is 1.77. The van der Waals surface area contributed by atoms with Crippen molar-refractivity contribution in [1.29, 1.82) is 0 Å². The molecular weight excluding hydrogens is 370 g/mol. The van der Waals surface area contributed by atoms with Gasteiger partial charge in [0, 0.05) is 22.0 Å². The third-order valence-electron chi connectivity index (χ3n) is 4.66. The van der Waals surface area contributed by atoms with Crippen LogP contribution in [0.1, 0.15) is 28.4 Å². The predicted molar refractivity (Wildman–Crippen MR) is 115 cm³/mol. The Hall–Kier alpha value is -3.14. The Morgan fingerprint density at radius 1 is 0.857 bits per heavy atom. The molecule has 0 spiro atoms. The second-order valence-electron chi connectivity index (χ2n) is 6.59. The number of hydrogen-bond acceptors (Lipinski definition) is 2. The highest BCUT2D eigenvalue weighted by molar-refractivity contribution is 6.30. The largest absolute Gasteiger partial charge is 0.384 e. The van der Waals surface area contributed by atoms with Crippen molar-refractivity contribution in [2.75, 3.05) is 0 Å². The topological polar surface area (TPSA) is 53.1 Å². The molecule has 28 heavy (non-hydrogen) atoms. The molecule has 0 aliphatic carbocycles. The lowest BCUT2D eigenvalue weighted by atomic mass is 9.98. The number of aromatic nitrogens is 1. The molecule has 1 atom stereocenters. The fourth-order valence-corrected chi connectivity index (χ4v) is 3.32. The molecule has 0 saturated heterocycles. The summed E-state index contributed by atoms with van der Waals surface area (Å²) in [6.07, 6.45) is 3.11. The van der Waals surface area contributed by atoms with Crippen molar-refractivity contribution < 1.29 is 5.11 Å². The van der Waals surface area contributed by atoms with Gasteiger partial charge in [-0.1, -0.05) is 72.3 Å². The lowest BCUT2D eigenvalue weighted by Crippen LogP contribution is -2.06. The van der Waals surface area contributed by atoms with Crippen molar-refractivity contribution in [3.8, 4) is 0 Å². The van der Waals surface area contributed by atoms with Crippen LogP contribution in [-0.4, -0.2) is 10.1 Å². The molecular formula is C24H18ClNO2. The van der Waals surface area contributed by atoms with Crippen LogP contribution in [-0.2, 0) is 0 Å². The molecule has 0 saturated carbocycles. The van der Waals surface area contributed by atoms with Crippen LogP contribution in [0.4, 0.5) is 0 Å². The summed E-state index contributed by atoms with van der Waals surface area (Å²) in [5.41, 5.74) is 3.92. The standard InChI is InChI=1S/C24H18ClNO2/c25-20-11-8-17(9-12-20)24(28)19-10-13-22-21(14-19)18(15-23(27)26-22)7-6-16-4-2-1-3-5-16/h1-15,24,28H,(H,26,27)/b7-6+. The van der Waals surface area contributed by atoms with E-state index in [2.05, 4.69) is 4.98 Å². The number of aliphatic hydroxyl groups is 1. The first kappa shape index (κ1) is 18.2. The Labute approximate surface area is 167 Å². The van der Waals surface area contributed by atoms with Crippen molar-refractivity contribution in [2.45, 2.75) is 6.10 Å². The van der Waals surface area contributed by atoms with Gasteiger partial charge in [0.25, 0.3) is 0 Å². The molecule has 138 valence electrons. The van der Waals surface area contributed by atoms with E-state index in [0.717, 1.165) is 33.2 Å². The minimum atomic E-state index is -0.778. The lowest BCUT2D eigenvalue weighted by Gasteiger charge is -2.13. The maximum atomic E-state index is 12.0. The number of halogens is 1. The molecule has 3 nitrogen and oxygen atoms in total. The third-order valence-corrected chi connectivity index (χ3v) is 4.91. The zero-order valence-corrected chi connectivity index (χ0v) is 15.7. The molecule has 0 bridgehead atoms. The smallest absolute Gasteiger partial charge is 0.249 e. The molecule has 2 N–H and O–H groups in total. The average Bonchev–Trinajstić information content (AvgIpc) is 2.72. The Bertz CT molecular complexity index is 1190. The van der Waals surface area contributed by atoms with Crippen LogP contribution >= 0.6 is 11.6 Å². The lowest BCUT2D eigenvalue weighted by molar-refractivity contribution is 0.220. The summed E-state index contributed by atoms with van der Waals surface area (Å²) >= 11 is 5.94. The highest BCUT2D eigenvalue weighted by Gasteiger charge is 2.12. The predicted octanol–water partition coefficient (Wildman–Crippen LogP) is 5.43. The van der Waals surface area contributed by atoms with Crippen LogP contribution in [0.2, 0.25) is 5.02 Å². The molecule has 0 radical (unpaired) electrons. The van der Waals surface area contributed by atoms with Crippen LogP contribution in [0, 0.1) is 0 Å². The van der Waals surface area contributed by atoms with E-state index in [1.807, 2.05) is 60.7 Å². The number of fused-ring (bicyclic) bond motifs is 1. The first-order chi connectivity index (χ1) is 13.6. The van der Waals surface area contributed by atoms with E-state index in [-0.39, 0.29) is 5.56 Å². The Morgan fingerprint density at radius 2 is 1.57 bits per heavy atom. The number of pyridine rings is 1. The second kappa shape index (κ2) is 7.85. The minimum absolute atomic E-state index is 0.161. The second-order valence-corrected chi connectivity index (χ2v) is 7.03. The highest BCUT2D eigenvalue weighted by Crippen LogP contribution is 2.27. The third kappa shape index (κ3) is 3.91. The quantitative estimate of drug-likeness (QED) is 0.490. The van der Waals surface area contributed by atoms with Gasteiger partial charge in [0.15, 0.2) is 0 Å². The number of nitrogens with one attached hydrogen (secondary N) is 1. The number of benzene rings is 3. The summed E-state index contributed by atoms with van der Waals surface area (Å²) in [6, 6.07) is 24.2. The van der Waals surface area contributed by atoms with Crippen LogP contribution in [0.3, 0.4) is 0 Å². The molecule has 1 aromatic heterocycles. The Kier molecular flexibility index (Phi) is 5.11. The van der Waals surface area contributed by atoms with Gasteiger partial charge in [-0.3, -0.25) is 4.79 Å². The monoisotopic (exact) mass is 387 g/mol. The van der Waals surface area contributed by atoms with Gasteiger partial charge in [-0.15, -0.1) is 0 Å². The van der Waals surface area contributed by atoms with Crippen LogP contribution in [0.15, 0.2) is 83.7 Å². The first-order valence-electron chi connectivity index (χ1n) is 8.94. The van der Waals surface area contributed by atoms with Gasteiger partial charge in [0.1, 0.15) is 6.10 Å². The van der Waals surface area contributed by atoms with Gasteiger partial charge in [0.05, 0.1) is 0 Å². The van der Waals surface area contributed by atoms with E-state index in [1.165, 1.54) is 0 Å². The van der Waals surface area contributed by atoms with E-state index in [9.17, 15) is 9.90 Å². The highest BCUT2D eigenvalue weighted by atomic mass is 35.5. The molecule has 1 heterocycles. The fourth-order valence-electron chi connectivity index (χ4n) is 3.19. The van der Waals surface area contributed by atoms with Gasteiger partial charge in [0.2, 0.25) is 5.56 Å². The van der Waals surface area contributed by atoms with Crippen LogP contribution < -0.4 is 5.56 Å². The van der Waals surface area contributed by atoms with Crippen molar-refractivity contribution in [3.05, 3.63) is 116 Å². The summed E-state index contributed by atoms with van der Waals surface area (Å²) < 4.78 is 0. The molecule has 4 rings (SSSR count). The maximum absolute atomic E-state index is 12.0. The van der Waals surface area contributed by atoms with E-state index in [0.29, 0.717) is 5.02 Å². The molecule has 0 fully saturated rings. The summed E-state index contributed by atoms with van der Waals surface area (Å²) in [4.78, 5) is 14.9. The van der Waals surface area contributed by atoms with Gasteiger partial charge in [-0.2, -0.15) is 0 Å². The van der Waals surface area contributed by atoms with Crippen molar-refractivity contribution in [3.63, 3.8) is 0 Å². The van der Waals surface area contributed by atoms with Crippen LogP contribution in [0.25, 0.3) is 23.1 Å². The zero-order chi connectivity index (χ0) is 19.5. The first-order valence-corrected chi connectivity index (χ1v) is 9.31. The fraction of sp³-hybridized carbons (Fsp3) is 0.0417. The molecule has 0 aliphatic heterocycles. The molecule has 0 aliphatic rings. The van der Waals surface area contributed by atoms with E-state index in [4.69, 9.17) is 11.6 Å². The summed E-state index contributed by atoms with van der Waals surface area (Å²) in [6.45, 7) is 0. The molecule has 3 aromatic carbocycles. The number of aromatic amines is 1. The molecule has 0 amide bonds. The van der Waals surface area contributed by atoms with E-state index in [1.54, 1.807) is 30.3 Å². The number of rotatable bonds is 4. The SMILES string of the molecule is O=c1cc(/C=C/c2ccccc2)c2cc(C(O)c3ccc(Cl)cc3)ccc2[nH]1. The molecule has 4 aromatic rings. The average molecular weight is 388 g/mol. The number of hydrogen-bond donors (Lipinski definition) is 2. The number of H-pyrrole nitrogens is 1. The summed E-state index contributed by atoms with van der Waals surface area (Å²) in [7, 11) is 0. The Morgan fingerprint density at radius 3 is 2.32 bits per heavy atom. The van der Waals surface area contributed by atoms with Gasteiger partial charge >= 0.3 is 0 Å². The van der Waals surface area contributed by atoms with Crippen LogP contribution in [0.5, 0.6) is 0 Å². The summed E-state index contributed by atoms with van der Waals surface area (Å²) in [5, 5.41) is 12.3. The minimum Gasteiger partial charge on any atom is -0.384 e. The van der Waals surface area contributed by atoms with Gasteiger partial charge in [-0.05, 0) is 46.5 Å². The van der Waals surface area contributed by atoms with Crippen molar-refractivity contribution >= 4 is 34.7 Å². The van der Waals surface area contributed by atoms with Gasteiger partial charge < -0.3 is 10.1 Å². The molecule has 1 unspecified atom stereocenters. The van der Waals surface area contributed by atoms with E-state index < -0.39 is 6.10 Å². The van der Waals surface area contributed by atoms with Crippen molar-refractivity contribution in [2.24, 2.45) is 0 Å². The van der Waals surface area contributed by atoms with Crippen molar-refractivity contribution in [1.82, 2.24) is 4.98 Å². The number of aliphatic hydroxyl groups excluding tert-OH is 1.